The zero-order valence-corrected chi connectivity index (χ0v) is 51.2. The van der Waals surface area contributed by atoms with E-state index in [-0.39, 0.29) is 42.6 Å². The van der Waals surface area contributed by atoms with Gasteiger partial charge in [-0.15, -0.1) is 0 Å². The number of esters is 4. The van der Waals surface area contributed by atoms with Crippen molar-refractivity contribution in [2.24, 2.45) is 50.2 Å². The largest absolute Gasteiger partial charge is 0.467 e. The monoisotopic (exact) mass is 1210 g/mol. The first-order chi connectivity index (χ1) is 39.7. The number of carbonyl (C=O) groups excluding carboxylic acids is 4. The van der Waals surface area contributed by atoms with E-state index in [4.69, 9.17) is 47.4 Å². The second-order valence-corrected chi connectivity index (χ2v) is 27.1. The number of aliphatic hydroxyl groups excluding tert-OH is 10. The maximum atomic E-state index is 13.3. The number of methoxy groups -OCH3 is 1. The van der Waals surface area contributed by atoms with Crippen LogP contribution >= 0.6 is 0 Å². The topological polar surface area (TPSA) is 363 Å². The van der Waals surface area contributed by atoms with Gasteiger partial charge in [0.25, 0.3) is 0 Å². The van der Waals surface area contributed by atoms with Crippen LogP contribution in [0.1, 0.15) is 128 Å². The average molecular weight is 1210 g/mol. The molecular formula is C61H94O24. The van der Waals surface area contributed by atoms with Gasteiger partial charge in [0.2, 0.25) is 0 Å². The second kappa shape index (κ2) is 25.0. The minimum absolute atomic E-state index is 0.0745. The van der Waals surface area contributed by atoms with Gasteiger partial charge >= 0.3 is 23.9 Å². The van der Waals surface area contributed by atoms with Crippen LogP contribution in [0.4, 0.5) is 0 Å². The van der Waals surface area contributed by atoms with Crippen molar-refractivity contribution in [2.75, 3.05) is 26.9 Å². The third-order valence-electron chi connectivity index (χ3n) is 22.2. The van der Waals surface area contributed by atoms with Gasteiger partial charge in [-0.05, 0) is 119 Å². The summed E-state index contributed by atoms with van der Waals surface area (Å²) < 4.78 is 59.8. The van der Waals surface area contributed by atoms with E-state index < -0.39 is 185 Å². The van der Waals surface area contributed by atoms with E-state index in [9.17, 15) is 70.2 Å². The average Bonchev–Trinajstić information content (AvgIpc) is 0.687. The van der Waals surface area contributed by atoms with E-state index in [0.29, 0.717) is 38.5 Å². The number of aliphatic hydroxyl groups is 10. The summed E-state index contributed by atoms with van der Waals surface area (Å²) >= 11 is 0. The highest BCUT2D eigenvalue weighted by Gasteiger charge is 2.74. The number of hydrogen-bond donors (Lipinski definition) is 10. The summed E-state index contributed by atoms with van der Waals surface area (Å²) in [5.41, 5.74) is -3.85. The summed E-state index contributed by atoms with van der Waals surface area (Å²) in [6, 6.07) is 0. The fraction of sp³-hybridized carbons (Fsp3) is 0.836. The number of rotatable bonds is 15. The molecule has 3 heterocycles. The maximum Gasteiger partial charge on any atom is 0.337 e. The Bertz CT molecular complexity index is 2550. The smallest absolute Gasteiger partial charge is 0.337 e. The first-order valence-corrected chi connectivity index (χ1v) is 29.9. The van der Waals surface area contributed by atoms with E-state index >= 15 is 0 Å². The van der Waals surface area contributed by atoms with Gasteiger partial charge in [-0.1, -0.05) is 65.3 Å². The molecule has 8 aliphatic rings. The number of allylic oxidation sites excluding steroid dienone is 4. The lowest BCUT2D eigenvalue weighted by atomic mass is 9.33. The normalized spacial score (nSPS) is 48.0. The Balaban J connectivity index is 1.09. The molecule has 7 fully saturated rings. The predicted molar refractivity (Wildman–Crippen MR) is 295 cm³/mol. The quantitative estimate of drug-likeness (QED) is 0.0363. The first-order valence-electron chi connectivity index (χ1n) is 29.9. The summed E-state index contributed by atoms with van der Waals surface area (Å²) in [6.45, 7) is 20.0. The Hall–Kier alpha value is -3.54. The standard InChI is InChI=1S/C61H94O24/c1-14-27(3)50(73)81-44-29(5)78-54(43(71)45(44)82-51(74)28(4)15-2)85-49-48(72)61(26-77-30(6)64)32(22-56(49,7)8)31-16-17-35-57(9)20-19-37(58(10,25-63)34(57)18-21-59(35,11)60(31,12)23-36(61)65)80-55-47(41(69)40(68)46(83-55)52(75)76-13)84-53-42(70)39(67)38(66)33(24-62)79-53/h14-16,29,32-49,53-55,62-63,65-72H,17-26H2,1-13H3/b27-14-,28-15-/t29-,32+,33-,34-,35-,36-,37+,38-,39+,40+,41+,42-,43-,44+,45-,46+,47-,48+,49+,53+,54+,55-,57+,58-,59-,60-,61+/m1/s1. The molecule has 0 aromatic rings. The third kappa shape index (κ3) is 11.3. The van der Waals surface area contributed by atoms with Crippen LogP contribution in [0.5, 0.6) is 0 Å². The Kier molecular flexibility index (Phi) is 19.8. The number of hydrogen-bond acceptors (Lipinski definition) is 24. The van der Waals surface area contributed by atoms with Gasteiger partial charge in [-0.25, -0.2) is 14.4 Å². The van der Waals surface area contributed by atoms with Crippen molar-refractivity contribution in [1.82, 2.24) is 0 Å². The second-order valence-electron chi connectivity index (χ2n) is 27.1. The van der Waals surface area contributed by atoms with Crippen LogP contribution in [-0.2, 0) is 66.5 Å². The first kappa shape index (κ1) is 67.4. The van der Waals surface area contributed by atoms with Gasteiger partial charge in [0, 0.05) is 23.5 Å². The van der Waals surface area contributed by atoms with E-state index in [1.165, 1.54) is 19.9 Å². The van der Waals surface area contributed by atoms with E-state index in [1.54, 1.807) is 33.8 Å². The molecule has 0 unspecified atom stereocenters. The lowest BCUT2D eigenvalue weighted by Gasteiger charge is -2.72. The summed E-state index contributed by atoms with van der Waals surface area (Å²) in [5, 5.41) is 115. The van der Waals surface area contributed by atoms with Crippen LogP contribution in [0.25, 0.3) is 0 Å². The molecule has 0 aromatic carbocycles. The van der Waals surface area contributed by atoms with Gasteiger partial charge in [0.15, 0.2) is 37.2 Å². The molecule has 0 amide bonds. The molecule has 0 aromatic heterocycles. The van der Waals surface area contributed by atoms with E-state index in [0.717, 1.165) is 12.7 Å². The van der Waals surface area contributed by atoms with Gasteiger partial charge in [-0.3, -0.25) is 4.79 Å². The van der Waals surface area contributed by atoms with Crippen molar-refractivity contribution in [3.63, 3.8) is 0 Å². The third-order valence-corrected chi connectivity index (χ3v) is 22.2. The zero-order valence-electron chi connectivity index (χ0n) is 51.2. The van der Waals surface area contributed by atoms with Crippen molar-refractivity contribution >= 4 is 23.9 Å². The lowest BCUT2D eigenvalue weighted by Crippen LogP contribution is -2.73. The van der Waals surface area contributed by atoms with E-state index in [1.807, 2.05) is 20.8 Å². The molecule has 27 atom stereocenters. The minimum Gasteiger partial charge on any atom is -0.467 e. The molecule has 10 N–H and O–H groups in total. The Morgan fingerprint density at radius 1 is 0.682 bits per heavy atom. The SMILES string of the molecule is C/C=C(/C)C(=O)O[C@@H]1[C@@H](O)[C@H](O[C@H]2[C@H](O)[C@]3(COC(C)=O)[C@H](O)C[C@]4(C)C(=CC[C@@H]5[C@@]6(C)CC[C@H](O[C@@H]7O[C@H](C(=O)OC)[C@@H](O)[C@H](O)[C@H]7O[C@@H]7O[C@H](CO)[C@@H](O)[C@H](O)[C@H]7O)[C@](C)(CO)[C@@H]6CC[C@]54C)[C@@H]3CC2(C)C)O[C@H](C)[C@@H]1OC(=O)/C(C)=C\C. The Labute approximate surface area is 496 Å². The highest BCUT2D eigenvalue weighted by Crippen LogP contribution is 2.76. The summed E-state index contributed by atoms with van der Waals surface area (Å²) in [6.07, 6.45) is -21.5. The van der Waals surface area contributed by atoms with Crippen LogP contribution in [0.2, 0.25) is 0 Å². The number of fused-ring (bicyclic) bond motifs is 7. The predicted octanol–water partition coefficient (Wildman–Crippen LogP) is 1.31. The van der Waals surface area contributed by atoms with Crippen LogP contribution in [0.3, 0.4) is 0 Å². The van der Waals surface area contributed by atoms with Crippen molar-refractivity contribution in [1.29, 1.82) is 0 Å². The van der Waals surface area contributed by atoms with Crippen molar-refractivity contribution < 1.29 is 118 Å². The summed E-state index contributed by atoms with van der Waals surface area (Å²) in [4.78, 5) is 52.3. The van der Waals surface area contributed by atoms with Crippen LogP contribution in [-0.4, -0.2) is 218 Å². The summed E-state index contributed by atoms with van der Waals surface area (Å²) in [5.74, 6) is -4.08. The van der Waals surface area contributed by atoms with E-state index in [2.05, 4.69) is 26.8 Å². The molecule has 5 aliphatic carbocycles. The molecular weight excluding hydrogens is 1120 g/mol. The molecule has 85 heavy (non-hydrogen) atoms. The van der Waals surface area contributed by atoms with Crippen molar-refractivity contribution in [3.05, 3.63) is 34.9 Å². The molecule has 0 bridgehead atoms. The zero-order chi connectivity index (χ0) is 63.0. The molecule has 4 saturated carbocycles. The molecule has 8 rings (SSSR count). The fourth-order valence-electron chi connectivity index (χ4n) is 16.7. The van der Waals surface area contributed by atoms with Crippen molar-refractivity contribution in [2.45, 2.75) is 245 Å². The highest BCUT2D eigenvalue weighted by molar-refractivity contribution is 5.88. The molecule has 3 saturated heterocycles. The highest BCUT2D eigenvalue weighted by atomic mass is 16.8. The van der Waals surface area contributed by atoms with Gasteiger partial charge in [-0.2, -0.15) is 0 Å². The number of carbonyl (C=O) groups is 4. The summed E-state index contributed by atoms with van der Waals surface area (Å²) in [7, 11) is 1.07. The lowest BCUT2D eigenvalue weighted by molar-refractivity contribution is -0.376. The maximum absolute atomic E-state index is 13.3. The molecule has 24 nitrogen and oxygen atoms in total. The van der Waals surface area contributed by atoms with Gasteiger partial charge in [0.1, 0.15) is 55.4 Å². The van der Waals surface area contributed by atoms with Crippen LogP contribution in [0.15, 0.2) is 34.9 Å². The number of ether oxygens (including phenoxy) is 10. The Morgan fingerprint density at radius 3 is 1.89 bits per heavy atom. The molecule has 24 heteroatoms. The van der Waals surface area contributed by atoms with Gasteiger partial charge in [0.05, 0.1) is 56.3 Å². The Morgan fingerprint density at radius 2 is 1.31 bits per heavy atom. The minimum atomic E-state index is -1.95. The molecule has 482 valence electrons. The van der Waals surface area contributed by atoms with Crippen molar-refractivity contribution in [3.8, 4) is 0 Å². The van der Waals surface area contributed by atoms with Crippen LogP contribution < -0.4 is 0 Å². The molecule has 0 spiro atoms. The van der Waals surface area contributed by atoms with Crippen LogP contribution in [0, 0.1) is 50.2 Å². The molecule has 3 aliphatic heterocycles. The fourth-order valence-corrected chi connectivity index (χ4v) is 16.7. The van der Waals surface area contributed by atoms with Gasteiger partial charge < -0.3 is 98.4 Å². The molecule has 0 radical (unpaired) electrons.